The quantitative estimate of drug-likeness (QED) is 0.0306. The molecule has 0 bridgehead atoms. The lowest BCUT2D eigenvalue weighted by Crippen LogP contribution is -2.11. The Morgan fingerprint density at radius 3 is 1.31 bits per heavy atom. The third-order valence-corrected chi connectivity index (χ3v) is 8.67. The summed E-state index contributed by atoms with van der Waals surface area (Å²) in [5.41, 5.74) is 1.34. The maximum absolute atomic E-state index is 12.8. The molecule has 10 nitrogen and oxygen atoms in total. The minimum Gasteiger partial charge on any atom is -0.494 e. The molecule has 0 spiro atoms. The Morgan fingerprint density at radius 2 is 0.855 bits per heavy atom. The first kappa shape index (κ1) is 44.0. The number of hydrogen-bond donors (Lipinski definition) is 0. The van der Waals surface area contributed by atoms with Crippen molar-refractivity contribution < 1.29 is 47.6 Å². The molecule has 0 unspecified atom stereocenters. The van der Waals surface area contributed by atoms with Crippen molar-refractivity contribution in [1.82, 2.24) is 0 Å². The average molecular weight is 757 g/mol. The van der Waals surface area contributed by atoms with Crippen molar-refractivity contribution >= 4 is 23.9 Å². The molecule has 0 amide bonds. The predicted molar refractivity (Wildman–Crippen MR) is 212 cm³/mol. The number of ether oxygens (including phenoxy) is 6. The van der Waals surface area contributed by atoms with E-state index in [2.05, 4.69) is 13.2 Å². The molecule has 0 radical (unpaired) electrons. The molecule has 0 saturated heterocycles. The summed E-state index contributed by atoms with van der Waals surface area (Å²) in [6.07, 6.45) is 17.0. The van der Waals surface area contributed by atoms with E-state index in [9.17, 15) is 19.2 Å². The summed E-state index contributed by atoms with van der Waals surface area (Å²) in [4.78, 5) is 47.7. The Morgan fingerprint density at radius 1 is 0.473 bits per heavy atom. The molecule has 3 aromatic carbocycles. The van der Waals surface area contributed by atoms with Crippen LogP contribution < -0.4 is 18.9 Å². The zero-order valence-corrected chi connectivity index (χ0v) is 32.2. The highest BCUT2D eigenvalue weighted by Crippen LogP contribution is 2.24. The van der Waals surface area contributed by atoms with Crippen molar-refractivity contribution in [3.8, 4) is 23.0 Å². The number of carbonyl (C=O) groups is 4. The van der Waals surface area contributed by atoms with Crippen LogP contribution in [-0.4, -0.2) is 50.3 Å². The SMILES string of the molecule is C=CC(=O)OCCCCCCCCCOc1ccc(OC(=O)c2ccc(OC(=O)c3ccc(OCCCCCCCCCOC(=O)C=C)cc3)c(C)c2)cc1. The number of esters is 4. The minimum atomic E-state index is -0.524. The van der Waals surface area contributed by atoms with Crippen LogP contribution in [0.4, 0.5) is 0 Å². The topological polar surface area (TPSA) is 124 Å². The monoisotopic (exact) mass is 756 g/mol. The first-order chi connectivity index (χ1) is 26.8. The van der Waals surface area contributed by atoms with Crippen LogP contribution in [0.15, 0.2) is 92.0 Å². The maximum atomic E-state index is 12.8. The molecular weight excluding hydrogens is 700 g/mol. The standard InChI is InChI=1S/C45H56O10/c1-4-42(46)52-32-18-14-10-6-8-12-16-30-50-38-23-20-36(21-24-38)44(48)55-41-29-22-37(34-35(41)3)45(49)54-40-27-25-39(26-28-40)51-31-17-13-9-7-11-15-19-33-53-43(47)5-2/h4-5,20-29,34H,1-2,6-19,30-33H2,3H3. The van der Waals surface area contributed by atoms with Gasteiger partial charge < -0.3 is 28.4 Å². The molecular formula is C45H56O10. The average Bonchev–Trinajstić information content (AvgIpc) is 3.20. The molecule has 0 N–H and O–H groups in total. The summed E-state index contributed by atoms with van der Waals surface area (Å²) >= 11 is 0. The summed E-state index contributed by atoms with van der Waals surface area (Å²) < 4.78 is 32.8. The normalized spacial score (nSPS) is 10.6. The molecule has 296 valence electrons. The van der Waals surface area contributed by atoms with Crippen molar-refractivity contribution in [1.29, 1.82) is 0 Å². The van der Waals surface area contributed by atoms with Crippen LogP contribution in [0.1, 0.15) is 116 Å². The summed E-state index contributed by atoms with van der Waals surface area (Å²) in [5.74, 6) is 0.361. The molecule has 0 aliphatic heterocycles. The van der Waals surface area contributed by atoms with Crippen molar-refractivity contribution in [3.63, 3.8) is 0 Å². The molecule has 0 heterocycles. The van der Waals surface area contributed by atoms with Gasteiger partial charge in [-0.25, -0.2) is 19.2 Å². The summed E-state index contributed by atoms with van der Waals surface area (Å²) in [7, 11) is 0. The lowest BCUT2D eigenvalue weighted by molar-refractivity contribution is -0.138. The Balaban J connectivity index is 1.28. The van der Waals surface area contributed by atoms with E-state index in [-0.39, 0.29) is 11.9 Å². The van der Waals surface area contributed by atoms with Crippen molar-refractivity contribution in [2.24, 2.45) is 0 Å². The van der Waals surface area contributed by atoms with Gasteiger partial charge in [-0.3, -0.25) is 0 Å². The summed E-state index contributed by atoms with van der Waals surface area (Å²) in [6.45, 7) is 10.6. The number of hydrogen-bond acceptors (Lipinski definition) is 10. The molecule has 10 heteroatoms. The fourth-order valence-electron chi connectivity index (χ4n) is 5.53. The molecule has 3 aromatic rings. The van der Waals surface area contributed by atoms with Gasteiger partial charge in [-0.1, -0.05) is 77.4 Å². The van der Waals surface area contributed by atoms with E-state index in [1.807, 2.05) is 0 Å². The Kier molecular flexibility index (Phi) is 21.1. The first-order valence-corrected chi connectivity index (χ1v) is 19.4. The number of unbranched alkanes of at least 4 members (excludes halogenated alkanes) is 12. The van der Waals surface area contributed by atoms with Crippen molar-refractivity contribution in [3.05, 3.63) is 109 Å². The van der Waals surface area contributed by atoms with Crippen LogP contribution in [0.25, 0.3) is 0 Å². The van der Waals surface area contributed by atoms with Gasteiger partial charge in [0.2, 0.25) is 0 Å². The second kappa shape index (κ2) is 26.4. The van der Waals surface area contributed by atoms with Gasteiger partial charge in [0, 0.05) is 12.2 Å². The van der Waals surface area contributed by atoms with Gasteiger partial charge in [-0.15, -0.1) is 0 Å². The summed E-state index contributed by atoms with van der Waals surface area (Å²) in [5, 5.41) is 0. The lowest BCUT2D eigenvalue weighted by atomic mass is 10.1. The van der Waals surface area contributed by atoms with Crippen molar-refractivity contribution in [2.75, 3.05) is 26.4 Å². The second-order valence-electron chi connectivity index (χ2n) is 13.1. The Bertz CT molecular complexity index is 1630. The second-order valence-corrected chi connectivity index (χ2v) is 13.1. The predicted octanol–water partition coefficient (Wildman–Crippen LogP) is 10.1. The number of rotatable bonds is 28. The fourth-order valence-corrected chi connectivity index (χ4v) is 5.53. The Labute approximate surface area is 325 Å². The molecule has 55 heavy (non-hydrogen) atoms. The van der Waals surface area contributed by atoms with Gasteiger partial charge in [-0.05, 0) is 105 Å². The van der Waals surface area contributed by atoms with E-state index in [1.54, 1.807) is 73.7 Å². The number of benzene rings is 3. The maximum Gasteiger partial charge on any atom is 0.343 e. The van der Waals surface area contributed by atoms with Crippen LogP contribution in [0, 0.1) is 6.92 Å². The molecule has 0 aromatic heterocycles. The van der Waals surface area contributed by atoms with Crippen LogP contribution in [0.5, 0.6) is 23.0 Å². The third kappa shape index (κ3) is 18.5. The van der Waals surface area contributed by atoms with Crippen LogP contribution in [-0.2, 0) is 19.1 Å². The fraction of sp³-hybridized carbons (Fsp3) is 0.422. The highest BCUT2D eigenvalue weighted by Gasteiger charge is 2.15. The smallest absolute Gasteiger partial charge is 0.343 e. The van der Waals surface area contributed by atoms with Crippen LogP contribution in [0.2, 0.25) is 0 Å². The highest BCUT2D eigenvalue weighted by molar-refractivity contribution is 5.93. The van der Waals surface area contributed by atoms with Crippen LogP contribution >= 0.6 is 0 Å². The molecule has 0 fully saturated rings. The molecule has 0 saturated carbocycles. The number of carbonyl (C=O) groups excluding carboxylic acids is 4. The first-order valence-electron chi connectivity index (χ1n) is 19.4. The largest absolute Gasteiger partial charge is 0.494 e. The zero-order valence-electron chi connectivity index (χ0n) is 32.2. The van der Waals surface area contributed by atoms with E-state index >= 15 is 0 Å². The molecule has 0 aliphatic rings. The van der Waals surface area contributed by atoms with E-state index in [0.29, 0.717) is 66.1 Å². The summed E-state index contributed by atoms with van der Waals surface area (Å²) in [6, 6.07) is 18.6. The number of aryl methyl sites for hydroxylation is 1. The van der Waals surface area contributed by atoms with E-state index in [1.165, 1.54) is 12.2 Å². The zero-order chi connectivity index (χ0) is 39.5. The van der Waals surface area contributed by atoms with Gasteiger partial charge in [0.15, 0.2) is 0 Å². The molecule has 0 atom stereocenters. The van der Waals surface area contributed by atoms with Crippen molar-refractivity contribution in [2.45, 2.75) is 96.8 Å². The van der Waals surface area contributed by atoms with Gasteiger partial charge in [0.25, 0.3) is 0 Å². The van der Waals surface area contributed by atoms with Gasteiger partial charge in [0.05, 0.1) is 37.6 Å². The molecule has 0 aliphatic carbocycles. The third-order valence-electron chi connectivity index (χ3n) is 8.67. The van der Waals surface area contributed by atoms with E-state index in [0.717, 1.165) is 89.9 Å². The van der Waals surface area contributed by atoms with Gasteiger partial charge in [0.1, 0.15) is 23.0 Å². The van der Waals surface area contributed by atoms with E-state index in [4.69, 9.17) is 28.4 Å². The van der Waals surface area contributed by atoms with Gasteiger partial charge in [-0.2, -0.15) is 0 Å². The van der Waals surface area contributed by atoms with Crippen LogP contribution in [0.3, 0.4) is 0 Å². The van der Waals surface area contributed by atoms with E-state index < -0.39 is 11.9 Å². The molecule has 3 rings (SSSR count). The minimum absolute atomic E-state index is 0.332. The lowest BCUT2D eigenvalue weighted by Gasteiger charge is -2.11. The van der Waals surface area contributed by atoms with Gasteiger partial charge >= 0.3 is 23.9 Å². The highest BCUT2D eigenvalue weighted by atomic mass is 16.5. The Hall–Kier alpha value is -5.38.